The molecule has 1 aromatic rings. The Balaban J connectivity index is 2.06. The highest BCUT2D eigenvalue weighted by atomic mass is 16.5. The van der Waals surface area contributed by atoms with Crippen LogP contribution in [0.1, 0.15) is 0 Å². The molecule has 1 saturated heterocycles. The van der Waals surface area contributed by atoms with E-state index >= 15 is 0 Å². The van der Waals surface area contributed by atoms with E-state index in [2.05, 4.69) is 5.32 Å². The van der Waals surface area contributed by atoms with Crippen LogP contribution in [0, 0.1) is 0 Å². The van der Waals surface area contributed by atoms with Crippen LogP contribution in [0.3, 0.4) is 0 Å². The predicted octanol–water partition coefficient (Wildman–Crippen LogP) is -0.596. The summed E-state index contributed by atoms with van der Waals surface area (Å²) >= 11 is 0. The van der Waals surface area contributed by atoms with Crippen molar-refractivity contribution in [3.8, 4) is 0 Å². The summed E-state index contributed by atoms with van der Waals surface area (Å²) in [6.45, 7) is 1.06. The summed E-state index contributed by atoms with van der Waals surface area (Å²) in [5.41, 5.74) is 6.48. The number of hydrogen-bond donors (Lipinski definition) is 2. The van der Waals surface area contributed by atoms with Crippen LogP contribution in [0.2, 0.25) is 0 Å². The summed E-state index contributed by atoms with van der Waals surface area (Å²) in [5.74, 6) is -1.32. The molecule has 23 heavy (non-hydrogen) atoms. The number of carbonyl (C=O) groups excluding carboxylic acids is 3. The molecule has 0 bridgehead atoms. The molecule has 0 aliphatic carbocycles. The predicted molar refractivity (Wildman–Crippen MR) is 84.9 cm³/mol. The van der Waals surface area contributed by atoms with Crippen LogP contribution in [-0.2, 0) is 19.1 Å². The van der Waals surface area contributed by atoms with E-state index in [4.69, 9.17) is 10.5 Å². The highest BCUT2D eigenvalue weighted by molar-refractivity contribution is 6.09. The Morgan fingerprint density at radius 3 is 2.48 bits per heavy atom. The Morgan fingerprint density at radius 1 is 1.30 bits per heavy atom. The van der Waals surface area contributed by atoms with Crippen molar-refractivity contribution in [2.45, 2.75) is 6.04 Å². The van der Waals surface area contributed by atoms with Gasteiger partial charge in [-0.3, -0.25) is 19.3 Å². The maximum atomic E-state index is 12.1. The van der Waals surface area contributed by atoms with Gasteiger partial charge in [-0.05, 0) is 38.4 Å². The van der Waals surface area contributed by atoms with Crippen molar-refractivity contribution in [2.75, 3.05) is 44.1 Å². The van der Waals surface area contributed by atoms with E-state index in [0.717, 1.165) is 5.69 Å². The molecule has 8 nitrogen and oxygen atoms in total. The van der Waals surface area contributed by atoms with Gasteiger partial charge in [-0.25, -0.2) is 0 Å². The zero-order valence-electron chi connectivity index (χ0n) is 13.1. The van der Waals surface area contributed by atoms with Crippen molar-refractivity contribution in [1.82, 2.24) is 4.90 Å². The fraction of sp³-hybridized carbons (Fsp3) is 0.400. The largest absolute Gasteiger partial charge is 0.370 e. The Labute approximate surface area is 134 Å². The zero-order chi connectivity index (χ0) is 17.0. The number of rotatable bonds is 5. The summed E-state index contributed by atoms with van der Waals surface area (Å²) in [6, 6.07) is 5.75. The number of amides is 3. The number of benzene rings is 1. The van der Waals surface area contributed by atoms with E-state index in [0.29, 0.717) is 18.8 Å². The number of ether oxygens (including phenoxy) is 1. The number of primary amides is 1. The van der Waals surface area contributed by atoms with Gasteiger partial charge < -0.3 is 20.7 Å². The molecule has 2 rings (SSSR count). The van der Waals surface area contributed by atoms with Crippen LogP contribution in [0.15, 0.2) is 24.3 Å². The molecule has 1 aliphatic heterocycles. The number of carbonyl (C=O) groups is 3. The molecule has 124 valence electrons. The Kier molecular flexibility index (Phi) is 5.30. The molecule has 1 heterocycles. The van der Waals surface area contributed by atoms with E-state index < -0.39 is 17.9 Å². The third-order valence-corrected chi connectivity index (χ3v) is 3.47. The Bertz CT molecular complexity index is 600. The van der Waals surface area contributed by atoms with Gasteiger partial charge >= 0.3 is 0 Å². The number of nitrogens with two attached hydrogens (primary N) is 1. The average Bonchev–Trinajstić information content (AvgIpc) is 2.48. The normalized spacial score (nSPS) is 16.3. The topological polar surface area (TPSA) is 105 Å². The number of nitrogens with zero attached hydrogens (tertiary/aromatic N) is 2. The SMILES string of the molecule is CN(C)[C@H](C(N)=O)C(=O)Nc1ccc(N2CCOCC2=O)cc1. The molecule has 0 spiro atoms. The fourth-order valence-electron chi connectivity index (χ4n) is 2.34. The lowest BCUT2D eigenvalue weighted by molar-refractivity contribution is -0.131. The van der Waals surface area contributed by atoms with Crippen molar-refractivity contribution >= 4 is 29.1 Å². The first-order chi connectivity index (χ1) is 10.9. The van der Waals surface area contributed by atoms with Crippen LogP contribution in [0.25, 0.3) is 0 Å². The fourth-order valence-corrected chi connectivity index (χ4v) is 2.34. The summed E-state index contributed by atoms with van der Waals surface area (Å²) in [6.07, 6.45) is 0. The van der Waals surface area contributed by atoms with Gasteiger partial charge in [0.1, 0.15) is 6.61 Å². The smallest absolute Gasteiger partial charge is 0.253 e. The molecule has 0 aromatic heterocycles. The summed E-state index contributed by atoms with van der Waals surface area (Å²) < 4.78 is 5.08. The van der Waals surface area contributed by atoms with Crippen molar-refractivity contribution in [2.24, 2.45) is 5.73 Å². The van der Waals surface area contributed by atoms with Gasteiger partial charge in [-0.15, -0.1) is 0 Å². The maximum absolute atomic E-state index is 12.1. The van der Waals surface area contributed by atoms with Gasteiger partial charge in [-0.1, -0.05) is 0 Å². The number of likely N-dealkylation sites (N-methyl/N-ethyl adjacent to an activating group) is 1. The first kappa shape index (κ1) is 16.9. The molecule has 1 aliphatic rings. The Hall–Kier alpha value is -2.45. The number of anilines is 2. The molecule has 1 atom stereocenters. The second kappa shape index (κ2) is 7.21. The van der Waals surface area contributed by atoms with Gasteiger partial charge in [0.2, 0.25) is 5.91 Å². The highest BCUT2D eigenvalue weighted by Gasteiger charge is 2.26. The van der Waals surface area contributed by atoms with Gasteiger partial charge in [-0.2, -0.15) is 0 Å². The molecule has 1 aromatic carbocycles. The molecule has 3 amide bonds. The van der Waals surface area contributed by atoms with Crippen LogP contribution in [0.4, 0.5) is 11.4 Å². The van der Waals surface area contributed by atoms with Crippen LogP contribution >= 0.6 is 0 Å². The van der Waals surface area contributed by atoms with E-state index in [1.54, 1.807) is 43.3 Å². The minimum atomic E-state index is -1.05. The number of hydrogen-bond acceptors (Lipinski definition) is 5. The third kappa shape index (κ3) is 4.05. The molecule has 0 unspecified atom stereocenters. The van der Waals surface area contributed by atoms with Crippen molar-refractivity contribution in [3.63, 3.8) is 0 Å². The quantitative estimate of drug-likeness (QED) is 0.705. The maximum Gasteiger partial charge on any atom is 0.253 e. The van der Waals surface area contributed by atoms with Crippen molar-refractivity contribution in [1.29, 1.82) is 0 Å². The Morgan fingerprint density at radius 2 is 1.96 bits per heavy atom. The summed E-state index contributed by atoms with van der Waals surface area (Å²) in [4.78, 5) is 38.3. The first-order valence-corrected chi connectivity index (χ1v) is 7.15. The second-order valence-corrected chi connectivity index (χ2v) is 5.40. The molecule has 0 saturated carbocycles. The highest BCUT2D eigenvalue weighted by Crippen LogP contribution is 2.19. The van der Waals surface area contributed by atoms with Gasteiger partial charge in [0.15, 0.2) is 6.04 Å². The third-order valence-electron chi connectivity index (χ3n) is 3.47. The van der Waals surface area contributed by atoms with E-state index in [9.17, 15) is 14.4 Å². The van der Waals surface area contributed by atoms with Crippen LogP contribution in [-0.4, -0.2) is 62.5 Å². The van der Waals surface area contributed by atoms with Gasteiger partial charge in [0.05, 0.1) is 6.61 Å². The molecule has 8 heteroatoms. The van der Waals surface area contributed by atoms with Crippen LogP contribution < -0.4 is 16.0 Å². The van der Waals surface area contributed by atoms with Crippen molar-refractivity contribution < 1.29 is 19.1 Å². The molecule has 1 fully saturated rings. The second-order valence-electron chi connectivity index (χ2n) is 5.40. The monoisotopic (exact) mass is 320 g/mol. The summed E-state index contributed by atoms with van der Waals surface area (Å²) in [7, 11) is 3.20. The molecular formula is C15H20N4O4. The van der Waals surface area contributed by atoms with Crippen LogP contribution in [0.5, 0.6) is 0 Å². The van der Waals surface area contributed by atoms with Gasteiger partial charge in [0, 0.05) is 17.9 Å². The summed E-state index contributed by atoms with van der Waals surface area (Å²) in [5, 5.41) is 2.64. The lowest BCUT2D eigenvalue weighted by Crippen LogP contribution is -2.48. The number of morpholine rings is 1. The first-order valence-electron chi connectivity index (χ1n) is 7.15. The van der Waals surface area contributed by atoms with E-state index in [1.165, 1.54) is 4.90 Å². The lowest BCUT2D eigenvalue weighted by Gasteiger charge is -2.27. The molecule has 0 radical (unpaired) electrons. The van der Waals surface area contributed by atoms with E-state index in [1.807, 2.05) is 0 Å². The minimum Gasteiger partial charge on any atom is -0.370 e. The number of nitrogens with one attached hydrogen (secondary N) is 1. The van der Waals surface area contributed by atoms with Crippen molar-refractivity contribution in [3.05, 3.63) is 24.3 Å². The van der Waals surface area contributed by atoms with E-state index in [-0.39, 0.29) is 12.5 Å². The molecule has 3 N–H and O–H groups in total. The average molecular weight is 320 g/mol. The minimum absolute atomic E-state index is 0.0710. The lowest BCUT2D eigenvalue weighted by atomic mass is 10.2. The van der Waals surface area contributed by atoms with Gasteiger partial charge in [0.25, 0.3) is 11.8 Å². The standard InChI is InChI=1S/C15H20N4O4/c1-18(2)13(14(16)21)15(22)17-10-3-5-11(6-4-10)19-7-8-23-9-12(19)20/h3-6,13H,7-9H2,1-2H3,(H2,16,21)(H,17,22)/t13-/m1/s1. The molecular weight excluding hydrogens is 300 g/mol. The zero-order valence-corrected chi connectivity index (χ0v) is 13.1.